The minimum atomic E-state index is -1.87. The van der Waals surface area contributed by atoms with Crippen molar-refractivity contribution in [1.29, 1.82) is 0 Å². The molecule has 220 valence electrons. The molecule has 0 saturated carbocycles. The van der Waals surface area contributed by atoms with E-state index in [9.17, 15) is 36.7 Å². The number of carbonyl (C=O) groups excluding carboxylic acids is 4. The summed E-state index contributed by atoms with van der Waals surface area (Å²) in [6.45, 7) is 5.17. The molecule has 1 aliphatic heterocycles. The molecule has 0 radical (unpaired) electrons. The third kappa shape index (κ3) is 7.69. The number of rotatable bonds is 10. The maximum atomic E-state index is 14.0. The summed E-state index contributed by atoms with van der Waals surface area (Å²) in [5.41, 5.74) is 0.0495. The zero-order chi connectivity index (χ0) is 30.6. The lowest BCUT2D eigenvalue weighted by atomic mass is 9.99. The average Bonchev–Trinajstić information content (AvgIpc) is 2.88. The Hall–Kier alpha value is -3.80. The number of halogens is 5. The predicted octanol–water partition coefficient (Wildman–Crippen LogP) is 4.32. The minimum absolute atomic E-state index is 0.0268. The van der Waals surface area contributed by atoms with Gasteiger partial charge in [-0.05, 0) is 38.5 Å². The highest BCUT2D eigenvalue weighted by molar-refractivity contribution is 6.31. The highest BCUT2D eigenvalue weighted by atomic mass is 35.5. The second-order valence-electron chi connectivity index (χ2n) is 10.2. The summed E-state index contributed by atoms with van der Waals surface area (Å²) in [5.74, 6) is -12.0. The molecule has 0 saturated heterocycles. The molecule has 0 spiro atoms. The number of carbonyl (C=O) groups is 4. The van der Waals surface area contributed by atoms with Gasteiger partial charge in [-0.2, -0.15) is 13.4 Å². The van der Waals surface area contributed by atoms with Crippen molar-refractivity contribution in [1.82, 2.24) is 5.32 Å². The molecule has 1 unspecified atom stereocenters. The van der Waals surface area contributed by atoms with Gasteiger partial charge in [0.2, 0.25) is 17.7 Å². The number of hydrogen-bond donors (Lipinski definition) is 1. The molecule has 0 bridgehead atoms. The fraction of sp³-hybridized carbons (Fsp3) is 0.393. The topological polar surface area (TPSA) is 102 Å². The van der Waals surface area contributed by atoms with Crippen LogP contribution in [0.1, 0.15) is 56.5 Å². The molecule has 2 aromatic rings. The van der Waals surface area contributed by atoms with E-state index >= 15 is 0 Å². The van der Waals surface area contributed by atoms with Crippen LogP contribution in [0, 0.1) is 23.3 Å². The zero-order valence-electron chi connectivity index (χ0n) is 22.7. The number of Topliss-reactive ketones (excluding diaryl/α,β-unsaturated/α-hetero) is 1. The number of ketones is 1. The summed E-state index contributed by atoms with van der Waals surface area (Å²) in [5, 5.41) is 2.71. The van der Waals surface area contributed by atoms with Crippen LogP contribution in [0.3, 0.4) is 0 Å². The van der Waals surface area contributed by atoms with Gasteiger partial charge in [0, 0.05) is 17.5 Å². The van der Waals surface area contributed by atoms with Gasteiger partial charge >= 0.3 is 11.9 Å². The molecule has 2 atom stereocenters. The van der Waals surface area contributed by atoms with Gasteiger partial charge in [-0.25, -0.2) is 13.6 Å². The molecule has 13 heteroatoms. The van der Waals surface area contributed by atoms with Crippen LogP contribution in [-0.4, -0.2) is 58.6 Å². The monoisotopic (exact) mass is 599 g/mol. The Labute approximate surface area is 238 Å². The molecular formula is C28H28ClF4N2O6+. The van der Waals surface area contributed by atoms with E-state index in [-0.39, 0.29) is 12.5 Å². The zero-order valence-corrected chi connectivity index (χ0v) is 23.4. The Morgan fingerprint density at radius 2 is 1.71 bits per heavy atom. The molecule has 2 amide bonds. The second kappa shape index (κ2) is 12.8. The van der Waals surface area contributed by atoms with E-state index in [0.717, 1.165) is 0 Å². The lowest BCUT2D eigenvalue weighted by molar-refractivity contribution is -0.456. The van der Waals surface area contributed by atoms with Gasteiger partial charge in [0.1, 0.15) is 18.2 Å². The molecule has 8 nitrogen and oxygen atoms in total. The standard InChI is InChI=1S/C28H27ClF4N2O6/c1-5-20(35-9-8-14-6-7-15(29)10-16(14)27(35)39)26(38)34-19(12-22(37)41-28(2,3)4)21(36)13-40-25-23(32)17(30)11-18(31)24(25)33/h6-7,9-11,19-20H,5,8,12-13H2,1-4H3/p+1/t19?,20-/m0/s1. The molecule has 2 aromatic carbocycles. The third-order valence-corrected chi connectivity index (χ3v) is 6.23. The molecule has 0 aliphatic carbocycles. The van der Waals surface area contributed by atoms with Crippen LogP contribution >= 0.6 is 11.6 Å². The van der Waals surface area contributed by atoms with Crippen LogP contribution in [0.15, 0.2) is 24.3 Å². The van der Waals surface area contributed by atoms with E-state index < -0.39 is 83.3 Å². The molecule has 0 aromatic heterocycles. The summed E-state index contributed by atoms with van der Waals surface area (Å²) in [6.07, 6.45) is 1.23. The number of ether oxygens (including phenoxy) is 2. The quantitative estimate of drug-likeness (QED) is 0.189. The average molecular weight is 600 g/mol. The molecular weight excluding hydrogens is 572 g/mol. The Bertz CT molecular complexity index is 1400. The minimum Gasteiger partial charge on any atom is -0.479 e. The lowest BCUT2D eigenvalue weighted by Crippen LogP contribution is -2.52. The van der Waals surface area contributed by atoms with Crippen LogP contribution in [0.2, 0.25) is 5.02 Å². The summed E-state index contributed by atoms with van der Waals surface area (Å²) in [7, 11) is 0. The van der Waals surface area contributed by atoms with Crippen molar-refractivity contribution in [2.75, 3.05) is 6.61 Å². The number of esters is 1. The van der Waals surface area contributed by atoms with Crippen LogP contribution < -0.4 is 10.1 Å². The van der Waals surface area contributed by atoms with Crippen LogP contribution in [0.25, 0.3) is 0 Å². The Kier molecular flexibility index (Phi) is 9.90. The molecule has 1 N–H and O–H groups in total. The number of amides is 2. The van der Waals surface area contributed by atoms with Crippen molar-refractivity contribution in [2.24, 2.45) is 0 Å². The van der Waals surface area contributed by atoms with Gasteiger partial charge in [-0.15, -0.1) is 0 Å². The van der Waals surface area contributed by atoms with Crippen LogP contribution in [0.5, 0.6) is 5.75 Å². The Balaban J connectivity index is 1.84. The number of fused-ring (bicyclic) bond motifs is 1. The Morgan fingerprint density at radius 1 is 1.07 bits per heavy atom. The van der Waals surface area contributed by atoms with E-state index in [1.54, 1.807) is 39.8 Å². The number of nitrogens with one attached hydrogen (secondary N) is 1. The van der Waals surface area contributed by atoms with Crippen molar-refractivity contribution < 1.29 is 50.8 Å². The molecule has 1 heterocycles. The van der Waals surface area contributed by atoms with E-state index in [2.05, 4.69) is 5.32 Å². The van der Waals surface area contributed by atoms with Gasteiger partial charge in [0.05, 0.1) is 18.4 Å². The van der Waals surface area contributed by atoms with Crippen LogP contribution in [-0.2, 0) is 25.5 Å². The Morgan fingerprint density at radius 3 is 2.29 bits per heavy atom. The molecule has 1 aliphatic rings. The van der Waals surface area contributed by atoms with Gasteiger partial charge in [0.25, 0.3) is 5.91 Å². The predicted molar refractivity (Wildman–Crippen MR) is 139 cm³/mol. The van der Waals surface area contributed by atoms with Crippen molar-refractivity contribution >= 4 is 41.4 Å². The second-order valence-corrected chi connectivity index (χ2v) is 10.7. The normalized spacial score (nSPS) is 14.5. The number of hydrogen-bond acceptors (Lipinski definition) is 6. The highest BCUT2D eigenvalue weighted by Gasteiger charge is 2.39. The molecule has 0 fully saturated rings. The van der Waals surface area contributed by atoms with Crippen LogP contribution in [0.4, 0.5) is 17.6 Å². The van der Waals surface area contributed by atoms with E-state index in [1.165, 1.54) is 16.9 Å². The lowest BCUT2D eigenvalue weighted by Gasteiger charge is -2.23. The first-order valence-electron chi connectivity index (χ1n) is 12.6. The summed E-state index contributed by atoms with van der Waals surface area (Å²) in [6, 6.07) is 2.02. The maximum Gasteiger partial charge on any atom is 0.420 e. The number of benzene rings is 2. The maximum absolute atomic E-state index is 14.0. The van der Waals surface area contributed by atoms with Crippen molar-refractivity contribution in [2.45, 2.75) is 64.6 Å². The smallest absolute Gasteiger partial charge is 0.420 e. The van der Waals surface area contributed by atoms with E-state index in [0.29, 0.717) is 22.6 Å². The van der Waals surface area contributed by atoms with Gasteiger partial charge in [0.15, 0.2) is 29.4 Å². The van der Waals surface area contributed by atoms with Gasteiger partial charge in [-0.3, -0.25) is 14.4 Å². The summed E-state index contributed by atoms with van der Waals surface area (Å²) in [4.78, 5) is 52.0. The fourth-order valence-corrected chi connectivity index (χ4v) is 4.28. The first-order valence-corrected chi connectivity index (χ1v) is 13.0. The summed E-state index contributed by atoms with van der Waals surface area (Å²) < 4.78 is 66.3. The fourth-order valence-electron chi connectivity index (χ4n) is 4.11. The van der Waals surface area contributed by atoms with Crippen molar-refractivity contribution in [3.8, 4) is 5.75 Å². The number of nitrogens with zero attached hydrogens (tertiary/aromatic N) is 1. The first-order chi connectivity index (χ1) is 19.1. The largest absolute Gasteiger partial charge is 0.479 e. The molecule has 3 rings (SSSR count). The van der Waals surface area contributed by atoms with Crippen molar-refractivity contribution in [3.05, 3.63) is 63.7 Å². The summed E-state index contributed by atoms with van der Waals surface area (Å²) >= 11 is 6.03. The van der Waals surface area contributed by atoms with Gasteiger partial charge < -0.3 is 14.8 Å². The van der Waals surface area contributed by atoms with Gasteiger partial charge in [-0.1, -0.05) is 24.6 Å². The van der Waals surface area contributed by atoms with E-state index in [1.807, 2.05) is 0 Å². The third-order valence-electron chi connectivity index (χ3n) is 6.00. The van der Waals surface area contributed by atoms with E-state index in [4.69, 9.17) is 21.1 Å². The highest BCUT2D eigenvalue weighted by Crippen LogP contribution is 2.27. The first kappa shape index (κ1) is 31.7. The SMILES string of the molecule is CC[C@@H](C(=O)NC(CC(=O)OC(C)(C)C)C(=O)COc1c(F)c(F)cc(F)c1F)[N+]1=CCc2ccc(Cl)cc2C1=O. The molecule has 41 heavy (non-hydrogen) atoms. The van der Waals surface area contributed by atoms with Crippen molar-refractivity contribution in [3.63, 3.8) is 0 Å².